The molecule has 0 aliphatic heterocycles. The molecular weight excluding hydrogens is 179 g/mol. The van der Waals surface area contributed by atoms with Gasteiger partial charge in [-0.25, -0.2) is 0 Å². The lowest BCUT2D eigenvalue weighted by molar-refractivity contribution is 0.867. The molecule has 0 nitrogen and oxygen atoms in total. The van der Waals surface area contributed by atoms with E-state index in [-0.39, 0.29) is 0 Å². The molecule has 60 valence electrons. The van der Waals surface area contributed by atoms with E-state index in [2.05, 4.69) is 13.8 Å². The van der Waals surface area contributed by atoms with Gasteiger partial charge in [0.25, 0.3) is 0 Å². The largest absolute Gasteiger partial charge is 0.0843 e. The third-order valence-corrected chi connectivity index (χ3v) is 2.15. The van der Waals surface area contributed by atoms with Crippen LogP contribution in [0.3, 0.4) is 0 Å². The summed E-state index contributed by atoms with van der Waals surface area (Å²) in [7, 11) is 0. The summed E-state index contributed by atoms with van der Waals surface area (Å²) >= 11 is 11.7. The Morgan fingerprint density at radius 1 is 1.18 bits per heavy atom. The van der Waals surface area contributed by atoms with Gasteiger partial charge in [0, 0.05) is 10.0 Å². The second-order valence-electron chi connectivity index (χ2n) is 2.82. The molecule has 0 fully saturated rings. The maximum Gasteiger partial charge on any atom is 0.0455 e. The molecular formula is C9H10Cl2. The first-order chi connectivity index (χ1) is 5.11. The second-order valence-corrected chi connectivity index (χ2v) is 3.66. The van der Waals surface area contributed by atoms with Crippen LogP contribution in [0, 0.1) is 0 Å². The van der Waals surface area contributed by atoms with Crippen molar-refractivity contribution in [1.29, 1.82) is 0 Å². The topological polar surface area (TPSA) is 0 Å². The highest BCUT2D eigenvalue weighted by molar-refractivity contribution is 6.35. The molecule has 0 spiro atoms. The Kier molecular flexibility index (Phi) is 2.80. The maximum atomic E-state index is 5.94. The van der Waals surface area contributed by atoms with Crippen molar-refractivity contribution in [2.45, 2.75) is 19.8 Å². The molecule has 0 aliphatic carbocycles. The Morgan fingerprint density at radius 3 is 2.27 bits per heavy atom. The first-order valence-corrected chi connectivity index (χ1v) is 4.32. The Labute approximate surface area is 77.1 Å². The van der Waals surface area contributed by atoms with Crippen LogP contribution in [0.25, 0.3) is 0 Å². The predicted octanol–water partition coefficient (Wildman–Crippen LogP) is 4.12. The van der Waals surface area contributed by atoms with Gasteiger partial charge in [-0.2, -0.15) is 0 Å². The zero-order valence-corrected chi connectivity index (χ0v) is 8.08. The Morgan fingerprint density at radius 2 is 1.82 bits per heavy atom. The van der Waals surface area contributed by atoms with Crippen LogP contribution in [0.1, 0.15) is 25.3 Å². The van der Waals surface area contributed by atoms with Crippen molar-refractivity contribution in [3.63, 3.8) is 0 Å². The van der Waals surface area contributed by atoms with E-state index in [1.807, 2.05) is 12.1 Å². The fourth-order valence-electron chi connectivity index (χ4n) is 0.970. The fraction of sp³-hybridized carbons (Fsp3) is 0.333. The Bertz CT molecular complexity index is 254. The van der Waals surface area contributed by atoms with Gasteiger partial charge >= 0.3 is 0 Å². The van der Waals surface area contributed by atoms with Crippen LogP contribution in [0.4, 0.5) is 0 Å². The van der Waals surface area contributed by atoms with Gasteiger partial charge in [-0.1, -0.05) is 43.1 Å². The van der Waals surface area contributed by atoms with E-state index in [1.165, 1.54) is 0 Å². The minimum Gasteiger partial charge on any atom is -0.0843 e. The molecule has 0 aliphatic rings. The number of hydrogen-bond donors (Lipinski definition) is 0. The van der Waals surface area contributed by atoms with Gasteiger partial charge in [-0.15, -0.1) is 0 Å². The summed E-state index contributed by atoms with van der Waals surface area (Å²) in [5.41, 5.74) is 1.15. The first kappa shape index (κ1) is 8.89. The highest BCUT2D eigenvalue weighted by Crippen LogP contribution is 2.26. The molecule has 1 aromatic rings. The summed E-state index contributed by atoms with van der Waals surface area (Å²) < 4.78 is 0. The summed E-state index contributed by atoms with van der Waals surface area (Å²) in [4.78, 5) is 0. The van der Waals surface area contributed by atoms with Crippen molar-refractivity contribution >= 4 is 23.2 Å². The number of hydrogen-bond acceptors (Lipinski definition) is 0. The summed E-state index contributed by atoms with van der Waals surface area (Å²) in [6, 6.07) is 5.61. The van der Waals surface area contributed by atoms with Gasteiger partial charge in [0.1, 0.15) is 0 Å². The monoisotopic (exact) mass is 188 g/mol. The van der Waals surface area contributed by atoms with Crippen LogP contribution < -0.4 is 0 Å². The molecule has 0 aromatic heterocycles. The van der Waals surface area contributed by atoms with Crippen molar-refractivity contribution in [3.8, 4) is 0 Å². The van der Waals surface area contributed by atoms with E-state index in [0.29, 0.717) is 10.9 Å². The summed E-state index contributed by atoms with van der Waals surface area (Å²) in [5.74, 6) is 0.458. The summed E-state index contributed by atoms with van der Waals surface area (Å²) in [6.45, 7) is 4.21. The maximum absolute atomic E-state index is 5.94. The van der Waals surface area contributed by atoms with Crippen LogP contribution >= 0.6 is 23.2 Å². The SMILES string of the molecule is CC(C)c1ccc(Cl)cc1Cl. The highest BCUT2D eigenvalue weighted by atomic mass is 35.5. The third-order valence-electron chi connectivity index (χ3n) is 1.58. The van der Waals surface area contributed by atoms with Crippen molar-refractivity contribution in [3.05, 3.63) is 33.8 Å². The second kappa shape index (κ2) is 3.46. The Hall–Kier alpha value is -0.200. The quantitative estimate of drug-likeness (QED) is 0.623. The van der Waals surface area contributed by atoms with Crippen molar-refractivity contribution in [2.24, 2.45) is 0 Å². The molecule has 0 saturated heterocycles. The molecule has 0 heterocycles. The minimum atomic E-state index is 0.458. The van der Waals surface area contributed by atoms with Gasteiger partial charge in [0.15, 0.2) is 0 Å². The van der Waals surface area contributed by atoms with Crippen molar-refractivity contribution in [1.82, 2.24) is 0 Å². The van der Waals surface area contributed by atoms with E-state index in [0.717, 1.165) is 10.6 Å². The minimum absolute atomic E-state index is 0.458. The Balaban J connectivity index is 3.09. The van der Waals surface area contributed by atoms with Gasteiger partial charge in [-0.05, 0) is 23.6 Å². The van der Waals surface area contributed by atoms with Gasteiger partial charge in [-0.3, -0.25) is 0 Å². The molecule has 0 atom stereocenters. The standard InChI is InChI=1S/C9H10Cl2/c1-6(2)8-4-3-7(10)5-9(8)11/h3-6H,1-2H3. The predicted molar refractivity (Wildman–Crippen MR) is 50.6 cm³/mol. The average molecular weight is 189 g/mol. The molecule has 11 heavy (non-hydrogen) atoms. The summed E-state index contributed by atoms with van der Waals surface area (Å²) in [5, 5.41) is 1.45. The van der Waals surface area contributed by atoms with Crippen LogP contribution in [-0.2, 0) is 0 Å². The van der Waals surface area contributed by atoms with E-state index >= 15 is 0 Å². The molecule has 2 heteroatoms. The first-order valence-electron chi connectivity index (χ1n) is 3.56. The third kappa shape index (κ3) is 2.11. The smallest absolute Gasteiger partial charge is 0.0455 e. The van der Waals surface area contributed by atoms with E-state index in [1.54, 1.807) is 6.07 Å². The van der Waals surface area contributed by atoms with Crippen LogP contribution in [0.15, 0.2) is 18.2 Å². The molecule has 0 amide bonds. The van der Waals surface area contributed by atoms with Crippen molar-refractivity contribution < 1.29 is 0 Å². The molecule has 0 radical (unpaired) electrons. The lowest BCUT2D eigenvalue weighted by Gasteiger charge is -2.06. The van der Waals surface area contributed by atoms with E-state index < -0.39 is 0 Å². The number of benzene rings is 1. The highest BCUT2D eigenvalue weighted by Gasteiger charge is 2.03. The van der Waals surface area contributed by atoms with Gasteiger partial charge in [0.2, 0.25) is 0 Å². The lowest BCUT2D eigenvalue weighted by Crippen LogP contribution is -1.87. The lowest BCUT2D eigenvalue weighted by atomic mass is 10.0. The van der Waals surface area contributed by atoms with Crippen LogP contribution in [0.2, 0.25) is 10.0 Å². The summed E-state index contributed by atoms with van der Waals surface area (Å²) in [6.07, 6.45) is 0. The normalized spacial score (nSPS) is 10.6. The number of rotatable bonds is 1. The zero-order valence-electron chi connectivity index (χ0n) is 6.57. The van der Waals surface area contributed by atoms with Crippen LogP contribution in [-0.4, -0.2) is 0 Å². The fourth-order valence-corrected chi connectivity index (χ4v) is 1.60. The van der Waals surface area contributed by atoms with Gasteiger partial charge < -0.3 is 0 Å². The van der Waals surface area contributed by atoms with Crippen LogP contribution in [0.5, 0.6) is 0 Å². The molecule has 0 bridgehead atoms. The zero-order chi connectivity index (χ0) is 8.43. The molecule has 0 unspecified atom stereocenters. The number of halogens is 2. The van der Waals surface area contributed by atoms with Gasteiger partial charge in [0.05, 0.1) is 0 Å². The van der Waals surface area contributed by atoms with Crippen molar-refractivity contribution in [2.75, 3.05) is 0 Å². The molecule has 0 N–H and O–H groups in total. The molecule has 1 aromatic carbocycles. The molecule has 1 rings (SSSR count). The van der Waals surface area contributed by atoms with E-state index in [9.17, 15) is 0 Å². The van der Waals surface area contributed by atoms with E-state index in [4.69, 9.17) is 23.2 Å². The molecule has 0 saturated carbocycles. The average Bonchev–Trinajstić information content (AvgIpc) is 1.85.